The van der Waals surface area contributed by atoms with Crippen LogP contribution in [0.25, 0.3) is 0 Å². The van der Waals surface area contributed by atoms with Gasteiger partial charge in [-0.15, -0.1) is 0 Å². The van der Waals surface area contributed by atoms with Crippen molar-refractivity contribution >= 4 is 25.9 Å². The minimum absolute atomic E-state index is 0.134. The molecule has 0 radical (unpaired) electrons. The number of nitrogens with zero attached hydrogens (tertiary/aromatic N) is 1. The summed E-state index contributed by atoms with van der Waals surface area (Å²) in [7, 11) is -1.66. The van der Waals surface area contributed by atoms with Crippen LogP contribution in [-0.2, 0) is 19.1 Å². The molecule has 6 nitrogen and oxygen atoms in total. The van der Waals surface area contributed by atoms with E-state index in [4.69, 9.17) is 9.47 Å². The summed E-state index contributed by atoms with van der Waals surface area (Å²) >= 11 is 0. The normalized spacial score (nSPS) is 28.8. The second kappa shape index (κ2) is 7.47. The molecule has 0 aromatic rings. The quantitative estimate of drug-likeness (QED) is 0.502. The molecule has 1 saturated carbocycles. The third-order valence-electron chi connectivity index (χ3n) is 5.52. The molecule has 0 aromatic carbocycles. The Kier molecular flexibility index (Phi) is 6.11. The molecule has 1 aliphatic heterocycles. The van der Waals surface area contributed by atoms with Crippen LogP contribution in [-0.4, -0.2) is 54.6 Å². The fraction of sp³-hybridized carbons (Fsp3) is 0.857. The first-order valence-electron chi connectivity index (χ1n) is 10.2. The van der Waals surface area contributed by atoms with Gasteiger partial charge in [-0.1, -0.05) is 19.6 Å². The molecule has 4 atom stereocenters. The molecule has 0 N–H and O–H groups in total. The Morgan fingerprint density at radius 3 is 1.93 bits per heavy atom. The van der Waals surface area contributed by atoms with Gasteiger partial charge in [0.15, 0.2) is 0 Å². The maximum atomic E-state index is 13.1. The lowest BCUT2D eigenvalue weighted by atomic mass is 9.77. The number of hydrogen-bond donors (Lipinski definition) is 0. The van der Waals surface area contributed by atoms with Crippen molar-refractivity contribution in [1.29, 1.82) is 0 Å². The van der Waals surface area contributed by atoms with Crippen molar-refractivity contribution in [1.82, 2.24) is 4.90 Å². The predicted octanol–water partition coefficient (Wildman–Crippen LogP) is 4.25. The van der Waals surface area contributed by atoms with E-state index >= 15 is 0 Å². The number of hydrogen-bond acceptors (Lipinski definition) is 5. The highest BCUT2D eigenvalue weighted by atomic mass is 28.3. The lowest BCUT2D eigenvalue weighted by Gasteiger charge is -2.40. The highest BCUT2D eigenvalue weighted by Crippen LogP contribution is 2.50. The minimum Gasteiger partial charge on any atom is -0.458 e. The Bertz CT molecular complexity index is 641. The molecule has 2 rings (SSSR count). The highest BCUT2D eigenvalue weighted by molar-refractivity contribution is 6.77. The van der Waals surface area contributed by atoms with Gasteiger partial charge in [-0.05, 0) is 53.0 Å². The number of rotatable bonds is 2. The Balaban J connectivity index is 2.41. The van der Waals surface area contributed by atoms with Crippen molar-refractivity contribution in [2.45, 2.75) is 96.8 Å². The number of likely N-dealkylation sites (tertiary alicyclic amines) is 1. The molecule has 2 fully saturated rings. The summed E-state index contributed by atoms with van der Waals surface area (Å²) < 4.78 is 11.2. The zero-order chi connectivity index (χ0) is 21.7. The summed E-state index contributed by atoms with van der Waals surface area (Å²) in [5.41, 5.74) is -1.07. The van der Waals surface area contributed by atoms with Gasteiger partial charge in [0.05, 0.1) is 0 Å². The average molecular weight is 412 g/mol. The number of ketones is 1. The Hall–Kier alpha value is -1.37. The fourth-order valence-corrected chi connectivity index (χ4v) is 6.97. The molecule has 1 heterocycles. The summed E-state index contributed by atoms with van der Waals surface area (Å²) in [4.78, 5) is 40.1. The second-order valence-electron chi connectivity index (χ2n) is 11.4. The SMILES string of the molecule is CC(C)(C)OC(=O)[C@@H]1[C@H]2CC(=O)C[C@H]([Si](C)(C)C)[C@H]2CN1C(=O)OC(C)(C)C. The first kappa shape index (κ1) is 22.9. The van der Waals surface area contributed by atoms with Gasteiger partial charge in [-0.25, -0.2) is 9.59 Å². The van der Waals surface area contributed by atoms with E-state index in [1.807, 2.05) is 41.5 Å². The van der Waals surface area contributed by atoms with Gasteiger partial charge in [0.1, 0.15) is 23.0 Å². The van der Waals surface area contributed by atoms with Crippen LogP contribution in [0, 0.1) is 11.8 Å². The second-order valence-corrected chi connectivity index (χ2v) is 16.8. The van der Waals surface area contributed by atoms with E-state index in [0.717, 1.165) is 0 Å². The Morgan fingerprint density at radius 1 is 0.929 bits per heavy atom. The number of Topliss-reactive ketones (excluding diaryl/α,β-unsaturated/α-hetero) is 1. The average Bonchev–Trinajstić information content (AvgIpc) is 2.80. The first-order valence-corrected chi connectivity index (χ1v) is 13.8. The number of fused-ring (bicyclic) bond motifs is 1. The van der Waals surface area contributed by atoms with Gasteiger partial charge in [0.25, 0.3) is 0 Å². The number of amides is 1. The molecule has 2 aliphatic rings. The number of esters is 1. The van der Waals surface area contributed by atoms with E-state index in [1.54, 1.807) is 0 Å². The van der Waals surface area contributed by atoms with Crippen LogP contribution in [0.2, 0.25) is 25.2 Å². The molecular formula is C21H37NO5Si. The van der Waals surface area contributed by atoms with E-state index in [1.165, 1.54) is 4.90 Å². The monoisotopic (exact) mass is 411 g/mol. The van der Waals surface area contributed by atoms with Crippen molar-refractivity contribution in [2.75, 3.05) is 6.54 Å². The van der Waals surface area contributed by atoms with E-state index in [-0.39, 0.29) is 23.2 Å². The van der Waals surface area contributed by atoms with Crippen LogP contribution < -0.4 is 0 Å². The van der Waals surface area contributed by atoms with Crippen LogP contribution in [0.1, 0.15) is 54.4 Å². The van der Waals surface area contributed by atoms with Crippen LogP contribution in [0.4, 0.5) is 4.79 Å². The maximum absolute atomic E-state index is 13.1. The summed E-state index contributed by atoms with van der Waals surface area (Å²) in [5.74, 6) is -0.307. The molecule has 0 unspecified atom stereocenters. The van der Waals surface area contributed by atoms with Crippen LogP contribution in [0.3, 0.4) is 0 Å². The Morgan fingerprint density at radius 2 is 1.46 bits per heavy atom. The van der Waals surface area contributed by atoms with Crippen molar-refractivity contribution < 1.29 is 23.9 Å². The van der Waals surface area contributed by atoms with Crippen molar-refractivity contribution in [3.8, 4) is 0 Å². The topological polar surface area (TPSA) is 72.9 Å². The highest BCUT2D eigenvalue weighted by Gasteiger charge is 2.56. The van der Waals surface area contributed by atoms with Gasteiger partial charge in [-0.3, -0.25) is 9.69 Å². The standard InChI is InChI=1S/C21H37NO5Si/c1-20(2,3)26-18(24)17-14-10-13(23)11-16(28(7,8)9)15(14)12-22(17)19(25)27-21(4,5)6/h14-17H,10-12H2,1-9H3/t14-,15-,16-,17-/m0/s1. The van der Waals surface area contributed by atoms with E-state index in [0.29, 0.717) is 19.4 Å². The number of carbonyl (C=O) groups excluding carboxylic acids is 3. The molecule has 1 saturated heterocycles. The minimum atomic E-state index is -1.66. The summed E-state index contributed by atoms with van der Waals surface area (Å²) in [5, 5.41) is 0. The molecule has 1 amide bonds. The van der Waals surface area contributed by atoms with Crippen LogP contribution in [0.5, 0.6) is 0 Å². The summed E-state index contributed by atoms with van der Waals surface area (Å²) in [6.07, 6.45) is 0.383. The van der Waals surface area contributed by atoms with E-state index in [9.17, 15) is 14.4 Å². The maximum Gasteiger partial charge on any atom is 0.411 e. The van der Waals surface area contributed by atoms with Gasteiger partial charge in [-0.2, -0.15) is 0 Å². The smallest absolute Gasteiger partial charge is 0.411 e. The predicted molar refractivity (Wildman–Crippen MR) is 111 cm³/mol. The lowest BCUT2D eigenvalue weighted by Crippen LogP contribution is -2.48. The zero-order valence-corrected chi connectivity index (χ0v) is 19.9. The molecule has 1 aliphatic carbocycles. The summed E-state index contributed by atoms with van der Waals surface area (Å²) in [6.45, 7) is 18.1. The third-order valence-corrected chi connectivity index (χ3v) is 8.37. The van der Waals surface area contributed by atoms with E-state index in [2.05, 4.69) is 19.6 Å². The van der Waals surface area contributed by atoms with Gasteiger partial charge in [0, 0.05) is 33.4 Å². The van der Waals surface area contributed by atoms with Crippen LogP contribution in [0.15, 0.2) is 0 Å². The van der Waals surface area contributed by atoms with Crippen LogP contribution >= 0.6 is 0 Å². The van der Waals surface area contributed by atoms with E-state index < -0.39 is 37.4 Å². The molecule has 28 heavy (non-hydrogen) atoms. The molecular weight excluding hydrogens is 374 g/mol. The lowest BCUT2D eigenvalue weighted by molar-refractivity contribution is -0.161. The van der Waals surface area contributed by atoms with Crippen molar-refractivity contribution in [2.24, 2.45) is 11.8 Å². The third kappa shape index (κ3) is 5.36. The van der Waals surface area contributed by atoms with Gasteiger partial charge < -0.3 is 9.47 Å². The largest absolute Gasteiger partial charge is 0.458 e. The van der Waals surface area contributed by atoms with Gasteiger partial charge in [0.2, 0.25) is 0 Å². The number of carbonyl (C=O) groups is 3. The summed E-state index contributed by atoms with van der Waals surface area (Å²) in [6, 6.07) is -0.762. The molecule has 0 bridgehead atoms. The fourth-order valence-electron chi connectivity index (χ4n) is 4.49. The van der Waals surface area contributed by atoms with Crippen molar-refractivity contribution in [3.63, 3.8) is 0 Å². The first-order chi connectivity index (χ1) is 12.5. The molecule has 0 aromatic heterocycles. The Labute approximate surface area is 170 Å². The molecule has 7 heteroatoms. The zero-order valence-electron chi connectivity index (χ0n) is 18.9. The molecule has 0 spiro atoms. The van der Waals surface area contributed by atoms with Gasteiger partial charge >= 0.3 is 12.1 Å². The van der Waals surface area contributed by atoms with Crippen molar-refractivity contribution in [3.05, 3.63) is 0 Å². The number of ether oxygens (including phenoxy) is 2. The molecule has 160 valence electrons.